The lowest BCUT2D eigenvalue weighted by Crippen LogP contribution is -2.50. The Morgan fingerprint density at radius 3 is 2.23 bits per heavy atom. The summed E-state index contributed by atoms with van der Waals surface area (Å²) >= 11 is 0. The van der Waals surface area contributed by atoms with Crippen molar-refractivity contribution in [1.29, 1.82) is 0 Å². The molecule has 2 saturated heterocycles. The van der Waals surface area contributed by atoms with Crippen LogP contribution in [0.1, 0.15) is 25.7 Å². The van der Waals surface area contributed by atoms with Crippen molar-refractivity contribution in [3.05, 3.63) is 0 Å². The highest BCUT2D eigenvalue weighted by Gasteiger charge is 2.65. The van der Waals surface area contributed by atoms with Crippen molar-refractivity contribution in [1.82, 2.24) is 19.4 Å². The summed E-state index contributed by atoms with van der Waals surface area (Å²) in [4.78, 5) is 28.4. The van der Waals surface area contributed by atoms with Crippen LogP contribution in [0.2, 0.25) is 0 Å². The van der Waals surface area contributed by atoms with Gasteiger partial charge in [0.15, 0.2) is 0 Å². The summed E-state index contributed by atoms with van der Waals surface area (Å²) in [6, 6.07) is -0.0716. The predicted octanol–water partition coefficient (Wildman–Crippen LogP) is 0.168. The van der Waals surface area contributed by atoms with Gasteiger partial charge in [0.1, 0.15) is 0 Å². The molecule has 3 amide bonds. The molecule has 0 radical (unpaired) electrons. The van der Waals surface area contributed by atoms with Gasteiger partial charge in [-0.1, -0.05) is 0 Å². The second-order valence-electron chi connectivity index (χ2n) is 8.37. The Labute approximate surface area is 155 Å². The number of hydrogen-bond donors (Lipinski definition) is 1. The van der Waals surface area contributed by atoms with Crippen molar-refractivity contribution in [2.45, 2.75) is 25.7 Å². The third kappa shape index (κ3) is 2.89. The van der Waals surface area contributed by atoms with Crippen molar-refractivity contribution in [3.8, 4) is 0 Å². The quantitative estimate of drug-likeness (QED) is 0.732. The number of hydrogen-bond acceptors (Lipinski definition) is 4. The normalized spacial score (nSPS) is 31.1. The topological polar surface area (TPSA) is 90.0 Å². The summed E-state index contributed by atoms with van der Waals surface area (Å²) in [6.07, 6.45) is 4.52. The monoisotopic (exact) mass is 386 g/mol. The van der Waals surface area contributed by atoms with Gasteiger partial charge in [-0.15, -0.1) is 0 Å². The first kappa shape index (κ1) is 19.4. The summed E-state index contributed by atoms with van der Waals surface area (Å²) < 4.78 is 25.9. The van der Waals surface area contributed by atoms with Gasteiger partial charge in [-0.3, -0.25) is 4.79 Å². The van der Waals surface area contributed by atoms with Crippen LogP contribution >= 0.6 is 0 Å². The lowest BCUT2D eigenvalue weighted by molar-refractivity contribution is -0.141. The summed E-state index contributed by atoms with van der Waals surface area (Å²) in [5.74, 6) is 0.0609. The second-order valence-corrected chi connectivity index (χ2v) is 10.4. The molecule has 2 heterocycles. The molecule has 2 atom stereocenters. The Kier molecular flexibility index (Phi) is 4.75. The number of carbonyl (C=O) groups excluding carboxylic acids is 2. The van der Waals surface area contributed by atoms with Crippen molar-refractivity contribution in [2.75, 3.05) is 53.6 Å². The van der Waals surface area contributed by atoms with E-state index in [1.54, 1.807) is 26.0 Å². The Morgan fingerprint density at radius 1 is 1.12 bits per heavy atom. The Bertz CT molecular complexity index is 700. The first-order chi connectivity index (χ1) is 12.1. The maximum absolute atomic E-state index is 13.1. The number of nitrogens with zero attached hydrogens (tertiary/aromatic N) is 3. The van der Waals surface area contributed by atoms with E-state index in [0.29, 0.717) is 19.6 Å². The number of amides is 3. The number of rotatable bonds is 2. The Morgan fingerprint density at radius 2 is 1.73 bits per heavy atom. The SMILES string of the molecule is CNC(=O)N1CCC2(CC1)CC[C@]1(C(=O)N(C)C)CN(S(C)(=O)=O)C[C@H]21. The molecule has 148 valence electrons. The minimum absolute atomic E-state index is 0.0199. The maximum Gasteiger partial charge on any atom is 0.317 e. The first-order valence-corrected chi connectivity index (χ1v) is 11.0. The van der Waals surface area contributed by atoms with Gasteiger partial charge < -0.3 is 15.1 Å². The fourth-order valence-corrected chi connectivity index (χ4v) is 6.37. The molecule has 0 unspecified atom stereocenters. The van der Waals surface area contributed by atoms with Crippen LogP contribution in [0.3, 0.4) is 0 Å². The molecule has 0 aromatic heterocycles. The van der Waals surface area contributed by atoms with Gasteiger partial charge in [0.2, 0.25) is 15.9 Å². The average Bonchev–Trinajstić information content (AvgIpc) is 3.12. The number of nitrogens with one attached hydrogen (secondary N) is 1. The van der Waals surface area contributed by atoms with Crippen LogP contribution in [0.25, 0.3) is 0 Å². The number of piperidine rings is 1. The summed E-state index contributed by atoms with van der Waals surface area (Å²) in [6.45, 7) is 2.01. The van der Waals surface area contributed by atoms with Gasteiger partial charge in [-0.2, -0.15) is 0 Å². The molecule has 1 aliphatic carbocycles. The van der Waals surface area contributed by atoms with Crippen LogP contribution < -0.4 is 5.32 Å². The minimum atomic E-state index is -3.34. The van der Waals surface area contributed by atoms with E-state index in [2.05, 4.69) is 5.32 Å². The van der Waals surface area contributed by atoms with Crippen LogP contribution in [-0.4, -0.2) is 88.0 Å². The molecule has 3 rings (SSSR count). The van der Waals surface area contributed by atoms with Gasteiger partial charge in [-0.05, 0) is 37.0 Å². The van der Waals surface area contributed by atoms with Crippen molar-refractivity contribution < 1.29 is 18.0 Å². The zero-order valence-corrected chi connectivity index (χ0v) is 16.9. The van der Waals surface area contributed by atoms with Gasteiger partial charge in [0, 0.05) is 47.3 Å². The number of urea groups is 1. The van der Waals surface area contributed by atoms with Crippen LogP contribution in [0.5, 0.6) is 0 Å². The molecule has 3 aliphatic rings. The molecule has 8 nitrogen and oxygen atoms in total. The number of carbonyl (C=O) groups is 2. The maximum atomic E-state index is 13.1. The van der Waals surface area contributed by atoms with E-state index in [1.165, 1.54) is 10.6 Å². The van der Waals surface area contributed by atoms with E-state index in [4.69, 9.17) is 0 Å². The van der Waals surface area contributed by atoms with E-state index in [0.717, 1.165) is 25.7 Å². The number of likely N-dealkylation sites (tertiary alicyclic amines) is 1. The van der Waals surface area contributed by atoms with Gasteiger partial charge in [0.25, 0.3) is 0 Å². The summed E-state index contributed by atoms with van der Waals surface area (Å²) in [7, 11) is 1.78. The Hall–Kier alpha value is -1.35. The van der Waals surface area contributed by atoms with Gasteiger partial charge in [0.05, 0.1) is 11.7 Å². The van der Waals surface area contributed by atoms with Crippen molar-refractivity contribution in [2.24, 2.45) is 16.7 Å². The molecule has 0 bridgehead atoms. The highest BCUT2D eigenvalue weighted by atomic mass is 32.2. The van der Waals surface area contributed by atoms with Crippen LogP contribution in [-0.2, 0) is 14.8 Å². The molecule has 0 aromatic rings. The fraction of sp³-hybridized carbons (Fsp3) is 0.882. The third-order valence-corrected chi connectivity index (χ3v) is 8.10. The zero-order valence-electron chi connectivity index (χ0n) is 16.1. The van der Waals surface area contributed by atoms with Crippen LogP contribution in [0, 0.1) is 16.7 Å². The fourth-order valence-electron chi connectivity index (χ4n) is 5.48. The molecule has 0 aromatic carbocycles. The third-order valence-electron chi connectivity index (χ3n) is 6.88. The van der Waals surface area contributed by atoms with E-state index in [1.807, 2.05) is 4.90 Å². The zero-order chi connectivity index (χ0) is 19.3. The molecule has 3 fully saturated rings. The van der Waals surface area contributed by atoms with Crippen LogP contribution in [0.15, 0.2) is 0 Å². The van der Waals surface area contributed by atoms with E-state index in [9.17, 15) is 18.0 Å². The molecule has 2 aliphatic heterocycles. The number of fused-ring (bicyclic) bond motifs is 2. The summed E-state index contributed by atoms with van der Waals surface area (Å²) in [5, 5.41) is 2.67. The van der Waals surface area contributed by atoms with Gasteiger partial charge >= 0.3 is 6.03 Å². The average molecular weight is 387 g/mol. The standard InChI is InChI=1S/C17H30N4O4S/c1-18-15(23)20-9-7-16(8-10-20)5-6-17(14(22)19(2)3)12-21(11-13(16)17)26(4,24)25/h13H,5-12H2,1-4H3,(H,18,23)/t13-,17+/m1/s1. The van der Waals surface area contributed by atoms with Crippen molar-refractivity contribution >= 4 is 22.0 Å². The first-order valence-electron chi connectivity index (χ1n) is 9.19. The van der Waals surface area contributed by atoms with Crippen LogP contribution in [0.4, 0.5) is 4.79 Å². The molecule has 1 N–H and O–H groups in total. The van der Waals surface area contributed by atoms with E-state index >= 15 is 0 Å². The highest BCUT2D eigenvalue weighted by Crippen LogP contribution is 2.62. The second kappa shape index (κ2) is 6.37. The van der Waals surface area contributed by atoms with E-state index < -0.39 is 15.4 Å². The van der Waals surface area contributed by atoms with Crippen molar-refractivity contribution in [3.63, 3.8) is 0 Å². The minimum Gasteiger partial charge on any atom is -0.348 e. The lowest BCUT2D eigenvalue weighted by Gasteiger charge is -2.44. The predicted molar refractivity (Wildman–Crippen MR) is 98.0 cm³/mol. The molecule has 1 spiro atoms. The smallest absolute Gasteiger partial charge is 0.317 e. The largest absolute Gasteiger partial charge is 0.348 e. The Balaban J connectivity index is 1.90. The summed E-state index contributed by atoms with van der Waals surface area (Å²) in [5.41, 5.74) is -0.683. The molecule has 1 saturated carbocycles. The van der Waals surface area contributed by atoms with Gasteiger partial charge in [-0.25, -0.2) is 17.5 Å². The van der Waals surface area contributed by atoms with E-state index in [-0.39, 0.29) is 29.8 Å². The molecular formula is C17H30N4O4S. The molecule has 26 heavy (non-hydrogen) atoms. The molecule has 9 heteroatoms. The highest BCUT2D eigenvalue weighted by molar-refractivity contribution is 7.88. The number of sulfonamides is 1. The molecular weight excluding hydrogens is 356 g/mol. The lowest BCUT2D eigenvalue weighted by atomic mass is 9.65.